The van der Waals surface area contributed by atoms with Crippen molar-refractivity contribution >= 4 is 28.4 Å². The highest BCUT2D eigenvalue weighted by Gasteiger charge is 2.31. The van der Waals surface area contributed by atoms with Gasteiger partial charge in [-0.1, -0.05) is 48.2 Å². The molecule has 2 aromatic heterocycles. The van der Waals surface area contributed by atoms with Crippen molar-refractivity contribution in [3.63, 3.8) is 0 Å². The number of fused-ring (bicyclic) bond motifs is 2. The predicted molar refractivity (Wildman–Crippen MR) is 161 cm³/mol. The Kier molecular flexibility index (Phi) is 7.95. The number of hydrogen-bond donors (Lipinski definition) is 2. The Morgan fingerprint density at radius 3 is 2.88 bits per heavy atom. The molecule has 0 radical (unpaired) electrons. The second-order valence-corrected chi connectivity index (χ2v) is 9.94. The van der Waals surface area contributed by atoms with Crippen molar-refractivity contribution in [3.05, 3.63) is 108 Å². The number of rotatable bonds is 7. The number of amides is 2. The van der Waals surface area contributed by atoms with Crippen LogP contribution < -0.4 is 19.7 Å². The number of H-pyrrole nitrogens is 1. The molecule has 43 heavy (non-hydrogen) atoms. The second-order valence-electron chi connectivity index (χ2n) is 9.94. The van der Waals surface area contributed by atoms with Crippen LogP contribution in [-0.2, 0) is 11.2 Å². The zero-order valence-corrected chi connectivity index (χ0v) is 23.4. The Bertz CT molecular complexity index is 1840. The van der Waals surface area contributed by atoms with Crippen LogP contribution in [0.1, 0.15) is 34.0 Å². The smallest absolute Gasteiger partial charge is 0.291 e. The lowest BCUT2D eigenvalue weighted by atomic mass is 10.1. The average molecular weight is 573 g/mol. The van der Waals surface area contributed by atoms with E-state index < -0.39 is 11.9 Å². The molecule has 0 fully saturated rings. The minimum atomic E-state index is -0.919. The number of carbonyl (C=O) groups excluding carboxylic acids is 2. The quantitative estimate of drug-likeness (QED) is 0.224. The van der Waals surface area contributed by atoms with Crippen LogP contribution in [0, 0.1) is 11.8 Å². The van der Waals surface area contributed by atoms with Gasteiger partial charge >= 0.3 is 0 Å². The van der Waals surface area contributed by atoms with Crippen LogP contribution in [0.25, 0.3) is 10.9 Å². The lowest BCUT2D eigenvalue weighted by Crippen LogP contribution is -2.49. The number of anilines is 1. The van der Waals surface area contributed by atoms with Crippen LogP contribution in [-0.4, -0.2) is 58.3 Å². The van der Waals surface area contributed by atoms with Gasteiger partial charge in [0.05, 0.1) is 17.8 Å². The summed E-state index contributed by atoms with van der Waals surface area (Å²) < 4.78 is 11.7. The zero-order valence-electron chi connectivity index (χ0n) is 23.4. The number of nitrogens with zero attached hydrogens (tertiary/aromatic N) is 4. The normalized spacial score (nSPS) is 14.2. The zero-order chi connectivity index (χ0) is 29.6. The molecule has 0 spiro atoms. The van der Waals surface area contributed by atoms with Gasteiger partial charge in [0.1, 0.15) is 30.0 Å². The molecular weight excluding hydrogens is 544 g/mol. The summed E-state index contributed by atoms with van der Waals surface area (Å²) in [7, 11) is 1.64. The number of likely N-dealkylation sites (N-methyl/N-ethyl adjacent to an activating group) is 1. The fourth-order valence-corrected chi connectivity index (χ4v) is 4.69. The summed E-state index contributed by atoms with van der Waals surface area (Å²) in [5.74, 6) is 7.13. The van der Waals surface area contributed by atoms with Gasteiger partial charge in [-0.2, -0.15) is 0 Å². The van der Waals surface area contributed by atoms with Crippen LogP contribution >= 0.6 is 0 Å². The molecule has 1 aliphatic heterocycles. The van der Waals surface area contributed by atoms with E-state index in [1.54, 1.807) is 25.4 Å². The van der Waals surface area contributed by atoms with Gasteiger partial charge in [0.2, 0.25) is 5.82 Å². The first-order valence-corrected chi connectivity index (χ1v) is 13.8. The van der Waals surface area contributed by atoms with Gasteiger partial charge < -0.3 is 19.7 Å². The fourth-order valence-electron chi connectivity index (χ4n) is 4.69. The van der Waals surface area contributed by atoms with Crippen molar-refractivity contribution in [3.8, 4) is 23.3 Å². The maximum Gasteiger partial charge on any atom is 0.291 e. The molecule has 3 heterocycles. The topological polar surface area (TPSA) is 122 Å². The van der Waals surface area contributed by atoms with E-state index in [1.807, 2.05) is 66.7 Å². The maximum atomic E-state index is 13.3. The third-order valence-electron chi connectivity index (χ3n) is 6.91. The van der Waals surface area contributed by atoms with E-state index in [2.05, 4.69) is 37.3 Å². The third-order valence-corrected chi connectivity index (χ3v) is 6.91. The first kappa shape index (κ1) is 27.5. The number of ether oxygens (including phenoxy) is 2. The standard InChI is InChI=1S/C33H28N6O4/c1-39-28-18-23(10-5-6-17-42-25-14-13-24-11-7-16-34-26(24)20-25)12-15-29(28)43-21-27(33(39)41)35-32(40)31-36-30(37-38-31)19-22-8-3-2-4-9-22/h2-4,7-9,11-16,18,20,27H,6,17,19,21H2,1H3,(H,35,40)(H,36,37,38)/t27-/m0/s1. The van der Waals surface area contributed by atoms with E-state index in [1.165, 1.54) is 4.90 Å². The van der Waals surface area contributed by atoms with Crippen LogP contribution in [0.2, 0.25) is 0 Å². The summed E-state index contributed by atoms with van der Waals surface area (Å²) in [5, 5.41) is 10.6. The lowest BCUT2D eigenvalue weighted by molar-refractivity contribution is -0.120. The van der Waals surface area contributed by atoms with Crippen molar-refractivity contribution in [1.29, 1.82) is 0 Å². The molecule has 0 bridgehead atoms. The number of hydrogen-bond acceptors (Lipinski definition) is 7. The number of aromatic nitrogens is 4. The molecule has 1 aliphatic rings. The first-order chi connectivity index (χ1) is 21.0. The number of aromatic amines is 1. The van der Waals surface area contributed by atoms with E-state index in [0.29, 0.717) is 36.7 Å². The Balaban J connectivity index is 1.05. The largest absolute Gasteiger partial charge is 0.493 e. The van der Waals surface area contributed by atoms with Crippen LogP contribution in [0.15, 0.2) is 85.1 Å². The van der Waals surface area contributed by atoms with Crippen molar-refractivity contribution in [2.45, 2.75) is 18.9 Å². The lowest BCUT2D eigenvalue weighted by Gasteiger charge is -2.20. The monoisotopic (exact) mass is 572 g/mol. The number of pyridine rings is 1. The summed E-state index contributed by atoms with van der Waals surface area (Å²) in [4.78, 5) is 36.3. The minimum absolute atomic E-state index is 0.0319. The van der Waals surface area contributed by atoms with Crippen molar-refractivity contribution in [2.75, 3.05) is 25.2 Å². The van der Waals surface area contributed by atoms with E-state index in [9.17, 15) is 9.59 Å². The van der Waals surface area contributed by atoms with Crippen LogP contribution in [0.4, 0.5) is 5.69 Å². The van der Waals surface area contributed by atoms with E-state index >= 15 is 0 Å². The van der Waals surface area contributed by atoms with Crippen LogP contribution in [0.5, 0.6) is 11.5 Å². The van der Waals surface area contributed by atoms with Crippen molar-refractivity contribution in [2.24, 2.45) is 0 Å². The van der Waals surface area contributed by atoms with Gasteiger partial charge in [0.25, 0.3) is 11.8 Å². The molecule has 0 unspecified atom stereocenters. The first-order valence-electron chi connectivity index (χ1n) is 13.8. The molecule has 5 aromatic rings. The Morgan fingerprint density at radius 1 is 1.12 bits per heavy atom. The SMILES string of the molecule is CN1C(=O)[C@@H](NC(=O)c2n[nH]c(Cc3ccccc3)n2)COc2ccc(C#CCCOc3ccc4cccnc4c3)cc21. The van der Waals surface area contributed by atoms with Gasteiger partial charge in [0, 0.05) is 43.1 Å². The number of benzene rings is 3. The van der Waals surface area contributed by atoms with Crippen molar-refractivity contribution in [1.82, 2.24) is 25.5 Å². The molecule has 2 N–H and O–H groups in total. The molecule has 6 rings (SSSR count). The average Bonchev–Trinajstić information content (AvgIpc) is 3.47. The highest BCUT2D eigenvalue weighted by Crippen LogP contribution is 2.31. The Morgan fingerprint density at radius 2 is 2.00 bits per heavy atom. The molecule has 3 aromatic carbocycles. The van der Waals surface area contributed by atoms with E-state index in [4.69, 9.17) is 9.47 Å². The molecule has 214 valence electrons. The van der Waals surface area contributed by atoms with E-state index in [0.717, 1.165) is 27.8 Å². The molecule has 0 saturated heterocycles. The Hall–Kier alpha value is -5.69. The highest BCUT2D eigenvalue weighted by atomic mass is 16.5. The highest BCUT2D eigenvalue weighted by molar-refractivity contribution is 6.02. The number of carbonyl (C=O) groups is 2. The van der Waals surface area contributed by atoms with Crippen molar-refractivity contribution < 1.29 is 19.1 Å². The summed E-state index contributed by atoms with van der Waals surface area (Å²) in [6.07, 6.45) is 2.78. The summed E-state index contributed by atoms with van der Waals surface area (Å²) in [5.41, 5.74) is 3.21. The predicted octanol–water partition coefficient (Wildman–Crippen LogP) is 3.92. The maximum absolute atomic E-state index is 13.3. The van der Waals surface area contributed by atoms with Gasteiger partial charge in [-0.3, -0.25) is 19.7 Å². The molecular formula is C33H28N6O4. The molecule has 0 saturated carbocycles. The summed E-state index contributed by atoms with van der Waals surface area (Å²) >= 11 is 0. The summed E-state index contributed by atoms with van der Waals surface area (Å²) in [6.45, 7) is 0.396. The molecule has 1 atom stereocenters. The van der Waals surface area contributed by atoms with Gasteiger partial charge in [-0.05, 0) is 42.0 Å². The molecule has 2 amide bonds. The number of nitrogens with one attached hydrogen (secondary N) is 2. The molecule has 10 heteroatoms. The van der Waals surface area contributed by atoms with Gasteiger partial charge in [-0.25, -0.2) is 4.98 Å². The third kappa shape index (κ3) is 6.47. The summed E-state index contributed by atoms with van der Waals surface area (Å²) in [6, 6.07) is 23.9. The Labute approximate surface area is 248 Å². The molecule has 10 nitrogen and oxygen atoms in total. The minimum Gasteiger partial charge on any atom is -0.493 e. The van der Waals surface area contributed by atoms with Crippen LogP contribution in [0.3, 0.4) is 0 Å². The second kappa shape index (κ2) is 12.4. The fraction of sp³-hybridized carbons (Fsp3) is 0.182. The molecule has 0 aliphatic carbocycles. The van der Waals surface area contributed by atoms with E-state index in [-0.39, 0.29) is 18.3 Å². The van der Waals surface area contributed by atoms with Gasteiger partial charge in [0.15, 0.2) is 0 Å². The van der Waals surface area contributed by atoms with Gasteiger partial charge in [-0.15, -0.1) is 5.10 Å².